The Kier molecular flexibility index (Phi) is 7.06. The lowest BCUT2D eigenvalue weighted by Crippen LogP contribution is -2.46. The average molecular weight is 440 g/mol. The molecule has 0 aromatic heterocycles. The van der Waals surface area contributed by atoms with Crippen molar-refractivity contribution < 1.29 is 19.1 Å². The quantitative estimate of drug-likeness (QED) is 0.568. The molecule has 0 saturated heterocycles. The monoisotopic (exact) mass is 439 g/mol. The van der Waals surface area contributed by atoms with Crippen molar-refractivity contribution in [1.82, 2.24) is 10.6 Å². The highest BCUT2D eigenvalue weighted by atomic mass is 35.5. The van der Waals surface area contributed by atoms with Gasteiger partial charge >= 0.3 is 6.03 Å². The van der Waals surface area contributed by atoms with Crippen LogP contribution in [0.4, 0.5) is 10.5 Å². The van der Waals surface area contributed by atoms with Gasteiger partial charge in [0.1, 0.15) is 6.61 Å². The first kappa shape index (κ1) is 22.1. The molecule has 0 spiro atoms. The Bertz CT molecular complexity index is 1060. The van der Waals surface area contributed by atoms with Crippen molar-refractivity contribution in [3.05, 3.63) is 64.3 Å². The van der Waals surface area contributed by atoms with Crippen LogP contribution in [0.25, 0.3) is 0 Å². The standard InChI is InChI=1S/C23H22ClN3O4/c1-4-11-31-21-17(24)12-15(13-18(21)30-5-2)20-19(14(3)25-23(29)27-20)22(28)26-16-9-7-6-8-10-16/h1,6-10,12-13,20H,5,11H2,2-3H3,(H,26,28)(H2,25,27,29)/t20-/m1/s1. The third-order valence-corrected chi connectivity index (χ3v) is 4.79. The summed E-state index contributed by atoms with van der Waals surface area (Å²) < 4.78 is 11.2. The molecule has 7 nitrogen and oxygen atoms in total. The number of terminal acetylenes is 1. The molecule has 3 rings (SSSR count). The van der Waals surface area contributed by atoms with E-state index in [4.69, 9.17) is 27.5 Å². The highest BCUT2D eigenvalue weighted by molar-refractivity contribution is 6.32. The molecule has 2 aromatic rings. The van der Waals surface area contributed by atoms with Crippen LogP contribution in [0.3, 0.4) is 0 Å². The Morgan fingerprint density at radius 2 is 2.00 bits per heavy atom. The van der Waals surface area contributed by atoms with E-state index >= 15 is 0 Å². The maximum atomic E-state index is 13.1. The summed E-state index contributed by atoms with van der Waals surface area (Å²) >= 11 is 6.44. The van der Waals surface area contributed by atoms with Crippen molar-refractivity contribution in [2.24, 2.45) is 0 Å². The topological polar surface area (TPSA) is 88.7 Å². The number of nitrogens with one attached hydrogen (secondary N) is 3. The second kappa shape index (κ2) is 9.92. The number of amides is 3. The fourth-order valence-electron chi connectivity index (χ4n) is 3.24. The van der Waals surface area contributed by atoms with Gasteiger partial charge in [-0.1, -0.05) is 35.7 Å². The maximum Gasteiger partial charge on any atom is 0.319 e. The molecular weight excluding hydrogens is 418 g/mol. The van der Waals surface area contributed by atoms with Gasteiger partial charge in [-0.15, -0.1) is 6.42 Å². The van der Waals surface area contributed by atoms with Crippen molar-refractivity contribution in [2.45, 2.75) is 19.9 Å². The van der Waals surface area contributed by atoms with Crippen LogP contribution in [-0.4, -0.2) is 25.2 Å². The number of allylic oxidation sites excluding steroid dienone is 1. The summed E-state index contributed by atoms with van der Waals surface area (Å²) in [5.41, 5.74) is 1.98. The molecule has 1 heterocycles. The molecule has 3 amide bonds. The summed E-state index contributed by atoms with van der Waals surface area (Å²) in [6.07, 6.45) is 5.28. The van der Waals surface area contributed by atoms with Crippen LogP contribution in [0.2, 0.25) is 5.02 Å². The maximum absolute atomic E-state index is 13.1. The molecule has 1 atom stereocenters. The normalized spacial score (nSPS) is 15.4. The predicted molar refractivity (Wildman–Crippen MR) is 119 cm³/mol. The molecule has 0 saturated carbocycles. The van der Waals surface area contributed by atoms with Crippen molar-refractivity contribution >= 4 is 29.2 Å². The summed E-state index contributed by atoms with van der Waals surface area (Å²) in [6.45, 7) is 3.87. The second-order valence-electron chi connectivity index (χ2n) is 6.65. The van der Waals surface area contributed by atoms with Crippen molar-refractivity contribution in [3.63, 3.8) is 0 Å². The van der Waals surface area contributed by atoms with Crippen LogP contribution in [0.5, 0.6) is 11.5 Å². The second-order valence-corrected chi connectivity index (χ2v) is 7.05. The molecule has 0 aliphatic carbocycles. The van der Waals surface area contributed by atoms with E-state index in [1.807, 2.05) is 25.1 Å². The van der Waals surface area contributed by atoms with Crippen molar-refractivity contribution in [1.29, 1.82) is 0 Å². The van der Waals surface area contributed by atoms with Gasteiger partial charge < -0.3 is 25.4 Å². The molecule has 2 aromatic carbocycles. The van der Waals surface area contributed by atoms with Gasteiger partial charge in [-0.2, -0.15) is 0 Å². The van der Waals surface area contributed by atoms with Crippen molar-refractivity contribution in [2.75, 3.05) is 18.5 Å². The highest BCUT2D eigenvalue weighted by Crippen LogP contribution is 2.40. The van der Waals surface area contributed by atoms with E-state index in [1.165, 1.54) is 0 Å². The number of ether oxygens (including phenoxy) is 2. The number of halogens is 1. The van der Waals surface area contributed by atoms with Crippen LogP contribution < -0.4 is 25.4 Å². The number of anilines is 1. The molecule has 31 heavy (non-hydrogen) atoms. The van der Waals surface area contributed by atoms with Crippen LogP contribution in [-0.2, 0) is 4.79 Å². The summed E-state index contributed by atoms with van der Waals surface area (Å²) in [5, 5.41) is 8.54. The van der Waals surface area contributed by atoms with Gasteiger partial charge in [-0.05, 0) is 43.7 Å². The third-order valence-electron chi connectivity index (χ3n) is 4.51. The summed E-state index contributed by atoms with van der Waals surface area (Å²) in [6, 6.07) is 11.2. The highest BCUT2D eigenvalue weighted by Gasteiger charge is 2.32. The van der Waals surface area contributed by atoms with E-state index in [0.29, 0.717) is 40.6 Å². The largest absolute Gasteiger partial charge is 0.490 e. The molecule has 0 bridgehead atoms. The van der Waals surface area contributed by atoms with Gasteiger partial charge in [0, 0.05) is 11.4 Å². The van der Waals surface area contributed by atoms with Crippen LogP contribution in [0.15, 0.2) is 53.7 Å². The number of hydrogen-bond acceptors (Lipinski definition) is 4. The zero-order valence-corrected chi connectivity index (χ0v) is 17.9. The molecule has 0 fully saturated rings. The molecule has 1 aliphatic rings. The third kappa shape index (κ3) is 5.11. The smallest absolute Gasteiger partial charge is 0.319 e. The number of carbonyl (C=O) groups is 2. The minimum Gasteiger partial charge on any atom is -0.490 e. The molecule has 0 radical (unpaired) electrons. The number of hydrogen-bond donors (Lipinski definition) is 3. The fourth-order valence-corrected chi connectivity index (χ4v) is 3.51. The molecular formula is C23H22ClN3O4. The lowest BCUT2D eigenvalue weighted by molar-refractivity contribution is -0.113. The van der Waals surface area contributed by atoms with Crippen LogP contribution in [0.1, 0.15) is 25.5 Å². The number of urea groups is 1. The molecule has 160 valence electrons. The van der Waals surface area contributed by atoms with E-state index < -0.39 is 12.1 Å². The molecule has 0 unspecified atom stereocenters. The van der Waals surface area contributed by atoms with E-state index in [2.05, 4.69) is 21.9 Å². The minimum absolute atomic E-state index is 0.0208. The first-order valence-corrected chi connectivity index (χ1v) is 9.99. The Morgan fingerprint density at radius 1 is 1.26 bits per heavy atom. The number of benzene rings is 2. The van der Waals surface area contributed by atoms with E-state index in [0.717, 1.165) is 0 Å². The van der Waals surface area contributed by atoms with Gasteiger partial charge in [0.2, 0.25) is 0 Å². The minimum atomic E-state index is -0.754. The van der Waals surface area contributed by atoms with Crippen molar-refractivity contribution in [3.8, 4) is 23.8 Å². The summed E-state index contributed by atoms with van der Waals surface area (Å²) in [5.74, 6) is 2.70. The van der Waals surface area contributed by atoms with Gasteiger partial charge in [-0.25, -0.2) is 4.79 Å². The lowest BCUT2D eigenvalue weighted by atomic mass is 9.94. The zero-order chi connectivity index (χ0) is 22.4. The Hall–Kier alpha value is -3.63. The molecule has 8 heteroatoms. The first-order chi connectivity index (χ1) is 14.9. The van der Waals surface area contributed by atoms with Crippen LogP contribution in [0, 0.1) is 12.3 Å². The Balaban J connectivity index is 2.02. The molecule has 1 aliphatic heterocycles. The first-order valence-electron chi connectivity index (χ1n) is 9.61. The number of para-hydroxylation sites is 1. The van der Waals surface area contributed by atoms with Gasteiger partial charge in [0.05, 0.1) is 23.2 Å². The number of rotatable bonds is 7. The lowest BCUT2D eigenvalue weighted by Gasteiger charge is -2.29. The Labute approximate surface area is 185 Å². The predicted octanol–water partition coefficient (Wildman–Crippen LogP) is 4.02. The fraction of sp³-hybridized carbons (Fsp3) is 0.217. The summed E-state index contributed by atoms with van der Waals surface area (Å²) in [7, 11) is 0. The van der Waals surface area contributed by atoms with Crippen LogP contribution >= 0.6 is 11.6 Å². The number of carbonyl (C=O) groups excluding carboxylic acids is 2. The van der Waals surface area contributed by atoms with E-state index in [1.54, 1.807) is 31.2 Å². The SMILES string of the molecule is C#CCOc1c(Cl)cc([C@H]2NC(=O)NC(C)=C2C(=O)Nc2ccccc2)cc1OCC. The average Bonchev–Trinajstić information content (AvgIpc) is 2.73. The Morgan fingerprint density at radius 3 is 2.68 bits per heavy atom. The molecule has 3 N–H and O–H groups in total. The van der Waals surface area contributed by atoms with Gasteiger partial charge in [0.15, 0.2) is 11.5 Å². The van der Waals surface area contributed by atoms with E-state index in [-0.39, 0.29) is 17.5 Å². The summed E-state index contributed by atoms with van der Waals surface area (Å²) in [4.78, 5) is 25.3. The van der Waals surface area contributed by atoms with Gasteiger partial charge in [0.25, 0.3) is 5.91 Å². The van der Waals surface area contributed by atoms with Gasteiger partial charge in [-0.3, -0.25) is 4.79 Å². The zero-order valence-electron chi connectivity index (χ0n) is 17.1. The van der Waals surface area contributed by atoms with E-state index in [9.17, 15) is 9.59 Å².